The van der Waals surface area contributed by atoms with Gasteiger partial charge in [0, 0.05) is 0 Å². The third-order valence-electron chi connectivity index (χ3n) is 0.158. The molecule has 0 spiro atoms. The number of hydrogen-bond acceptors (Lipinski definition) is 1. The summed E-state index contributed by atoms with van der Waals surface area (Å²) in [7, 11) is 2.16. The van der Waals surface area contributed by atoms with E-state index in [-0.39, 0.29) is 0 Å². The van der Waals surface area contributed by atoms with Crippen LogP contribution in [0.25, 0.3) is 0 Å². The number of hydrogen-bond donors (Lipinski definition) is 1. The Bertz CT molecular complexity index is 23.6. The van der Waals surface area contributed by atoms with Gasteiger partial charge in [0.25, 0.3) is 0 Å². The molecule has 0 fully saturated rings. The van der Waals surface area contributed by atoms with Crippen molar-refractivity contribution >= 4 is 20.8 Å². The summed E-state index contributed by atoms with van der Waals surface area (Å²) in [6.45, 7) is 0. The van der Waals surface area contributed by atoms with Gasteiger partial charge in [0.1, 0.15) is 0 Å². The van der Waals surface area contributed by atoms with E-state index in [2.05, 4.69) is 9.24 Å². The van der Waals surface area contributed by atoms with E-state index in [1.807, 2.05) is 0 Å². The Morgan fingerprint density at radius 2 is 2.20 bits per heavy atom. The summed E-state index contributed by atoms with van der Waals surface area (Å²) in [5.41, 5.74) is 0. The highest BCUT2D eigenvalue weighted by Crippen LogP contribution is 1.93. The third-order valence-corrected chi connectivity index (χ3v) is 1.01. The van der Waals surface area contributed by atoms with Gasteiger partial charge >= 0.3 is 0 Å². The molecule has 1 N–H and O–H groups in total. The lowest BCUT2D eigenvalue weighted by atomic mass is 10.9. The fourth-order valence-electron chi connectivity index (χ4n) is 0. The molecule has 0 rings (SSSR count). The molecule has 0 radical (unpaired) electrons. The van der Waals surface area contributed by atoms with Gasteiger partial charge in [0.05, 0.1) is 11.7 Å². The van der Waals surface area contributed by atoms with E-state index in [1.54, 1.807) is 0 Å². The van der Waals surface area contributed by atoms with Crippen LogP contribution in [0.4, 0.5) is 0 Å². The van der Waals surface area contributed by atoms with Crippen LogP contribution in [0.2, 0.25) is 0 Å². The highest BCUT2D eigenvalue weighted by molar-refractivity contribution is 7.17. The molecule has 0 heterocycles. The zero-order valence-electron chi connectivity index (χ0n) is 2.69. The molecule has 5 heavy (non-hydrogen) atoms. The third kappa shape index (κ3) is 4.68. The maximum Gasteiger partial charge on any atom is 0.0808 e. The Morgan fingerprint density at radius 3 is 2.20 bits per heavy atom. The Hall–Kier alpha value is 0.680. The molecule has 0 aliphatic rings. The average Bonchev–Trinajstić information content (AvgIpc) is 1.38. The SMILES string of the molecule is OC(P)CCl. The lowest BCUT2D eigenvalue weighted by Gasteiger charge is -1.88. The van der Waals surface area contributed by atoms with Crippen molar-refractivity contribution in [1.82, 2.24) is 0 Å². The second kappa shape index (κ2) is 2.89. The smallest absolute Gasteiger partial charge is 0.0808 e. The quantitative estimate of drug-likeness (QED) is 0.385. The van der Waals surface area contributed by atoms with Crippen molar-refractivity contribution in [2.75, 3.05) is 5.88 Å². The van der Waals surface area contributed by atoms with Crippen LogP contribution in [-0.4, -0.2) is 16.8 Å². The Labute approximate surface area is 38.5 Å². The molecule has 0 saturated heterocycles. The average molecular weight is 112 g/mol. The summed E-state index contributed by atoms with van der Waals surface area (Å²) in [5, 5.41) is 8.19. The van der Waals surface area contributed by atoms with Crippen LogP contribution in [0.5, 0.6) is 0 Å². The minimum absolute atomic E-state index is 0.296. The van der Waals surface area contributed by atoms with E-state index in [0.29, 0.717) is 5.88 Å². The van der Waals surface area contributed by atoms with Crippen molar-refractivity contribution in [2.45, 2.75) is 5.85 Å². The van der Waals surface area contributed by atoms with Crippen LogP contribution < -0.4 is 0 Å². The molecule has 0 aromatic carbocycles. The van der Waals surface area contributed by atoms with E-state index in [4.69, 9.17) is 16.7 Å². The predicted octanol–water partition coefficient (Wildman–Crippen LogP) is 0.419. The maximum atomic E-state index is 8.19. The van der Waals surface area contributed by atoms with Gasteiger partial charge in [-0.1, -0.05) is 0 Å². The van der Waals surface area contributed by atoms with Gasteiger partial charge in [0.15, 0.2) is 0 Å². The summed E-state index contributed by atoms with van der Waals surface area (Å²) >= 11 is 5.07. The molecule has 0 bridgehead atoms. The van der Waals surface area contributed by atoms with Crippen molar-refractivity contribution in [3.05, 3.63) is 0 Å². The van der Waals surface area contributed by atoms with Gasteiger partial charge < -0.3 is 5.11 Å². The van der Waals surface area contributed by atoms with Crippen molar-refractivity contribution < 1.29 is 5.11 Å². The molecule has 0 aliphatic carbocycles. The van der Waals surface area contributed by atoms with E-state index in [0.717, 1.165) is 0 Å². The van der Waals surface area contributed by atoms with Crippen molar-refractivity contribution in [3.63, 3.8) is 0 Å². The fraction of sp³-hybridized carbons (Fsp3) is 1.00. The molecule has 3 heteroatoms. The van der Waals surface area contributed by atoms with Gasteiger partial charge in [-0.2, -0.15) is 0 Å². The largest absolute Gasteiger partial charge is 0.388 e. The van der Waals surface area contributed by atoms with Gasteiger partial charge in [-0.3, -0.25) is 0 Å². The molecule has 2 unspecified atom stereocenters. The topological polar surface area (TPSA) is 20.2 Å². The molecular weight excluding hydrogens is 106 g/mol. The first-order chi connectivity index (χ1) is 2.27. The fourth-order valence-corrected chi connectivity index (χ4v) is 0. The Balaban J connectivity index is 2.54. The zero-order valence-corrected chi connectivity index (χ0v) is 4.60. The first-order valence-electron chi connectivity index (χ1n) is 1.27. The molecule has 1 nitrogen and oxygen atoms in total. The van der Waals surface area contributed by atoms with Crippen molar-refractivity contribution in [1.29, 1.82) is 0 Å². The van der Waals surface area contributed by atoms with Crippen LogP contribution in [0.1, 0.15) is 0 Å². The van der Waals surface area contributed by atoms with Gasteiger partial charge in [0.2, 0.25) is 0 Å². The lowest BCUT2D eigenvalue weighted by Crippen LogP contribution is -1.92. The van der Waals surface area contributed by atoms with Gasteiger partial charge in [-0.15, -0.1) is 20.8 Å². The highest BCUT2D eigenvalue weighted by atomic mass is 35.5. The number of halogens is 1. The summed E-state index contributed by atoms with van der Waals surface area (Å²) in [6, 6.07) is 0. The second-order valence-corrected chi connectivity index (χ2v) is 1.80. The van der Waals surface area contributed by atoms with E-state index < -0.39 is 5.85 Å². The number of rotatable bonds is 1. The van der Waals surface area contributed by atoms with Crippen LogP contribution in [-0.2, 0) is 0 Å². The van der Waals surface area contributed by atoms with Crippen LogP contribution >= 0.6 is 20.8 Å². The maximum absolute atomic E-state index is 8.19. The lowest BCUT2D eigenvalue weighted by molar-refractivity contribution is 0.286. The van der Waals surface area contributed by atoms with Crippen molar-refractivity contribution in [2.24, 2.45) is 0 Å². The minimum Gasteiger partial charge on any atom is -0.388 e. The van der Waals surface area contributed by atoms with Gasteiger partial charge in [-0.25, -0.2) is 0 Å². The second-order valence-electron chi connectivity index (χ2n) is 0.722. The van der Waals surface area contributed by atoms with Crippen LogP contribution in [0, 0.1) is 0 Å². The Morgan fingerprint density at radius 1 is 2.00 bits per heavy atom. The minimum atomic E-state index is -0.434. The first kappa shape index (κ1) is 5.68. The monoisotopic (exact) mass is 112 g/mol. The molecule has 0 amide bonds. The van der Waals surface area contributed by atoms with Gasteiger partial charge in [-0.05, 0) is 0 Å². The number of alkyl halides is 1. The van der Waals surface area contributed by atoms with E-state index >= 15 is 0 Å². The van der Waals surface area contributed by atoms with Crippen LogP contribution in [0.15, 0.2) is 0 Å². The first-order valence-corrected chi connectivity index (χ1v) is 2.47. The standard InChI is InChI=1S/C2H6ClOP/c3-1-2(4)5/h2,4H,1,5H2. The molecule has 0 saturated carbocycles. The molecule has 2 atom stereocenters. The molecule has 32 valence electrons. The summed E-state index contributed by atoms with van der Waals surface area (Å²) in [4.78, 5) is 0. The van der Waals surface area contributed by atoms with Crippen LogP contribution in [0.3, 0.4) is 0 Å². The highest BCUT2D eigenvalue weighted by Gasteiger charge is 1.84. The summed E-state index contributed by atoms with van der Waals surface area (Å²) < 4.78 is 0. The molecular formula is C2H6ClOP. The molecule has 0 aromatic rings. The normalized spacial score (nSPS) is 15.0. The Kier molecular flexibility index (Phi) is 3.29. The number of aliphatic hydroxyl groups is 1. The summed E-state index contributed by atoms with van der Waals surface area (Å²) in [5.74, 6) is -0.137. The van der Waals surface area contributed by atoms with E-state index in [1.165, 1.54) is 0 Å². The molecule has 0 aromatic heterocycles. The predicted molar refractivity (Wildman–Crippen MR) is 26.4 cm³/mol. The zero-order chi connectivity index (χ0) is 4.28. The molecule has 0 aliphatic heterocycles. The summed E-state index contributed by atoms with van der Waals surface area (Å²) in [6.07, 6.45) is 0. The van der Waals surface area contributed by atoms with Crippen molar-refractivity contribution in [3.8, 4) is 0 Å². The van der Waals surface area contributed by atoms with E-state index in [9.17, 15) is 0 Å². The number of aliphatic hydroxyl groups excluding tert-OH is 1.